The summed E-state index contributed by atoms with van der Waals surface area (Å²) in [4.78, 5) is 23.5. The first-order valence-corrected chi connectivity index (χ1v) is 5.68. The van der Waals surface area contributed by atoms with E-state index in [9.17, 15) is 4.79 Å². The van der Waals surface area contributed by atoms with E-state index >= 15 is 0 Å². The monoisotopic (exact) mass is 215 g/mol. The van der Waals surface area contributed by atoms with Crippen molar-refractivity contribution in [2.24, 2.45) is 5.92 Å². The van der Waals surface area contributed by atoms with E-state index in [1.165, 1.54) is 6.33 Å². The molecule has 1 N–H and O–H groups in total. The Morgan fingerprint density at radius 3 is 2.94 bits per heavy atom. The lowest BCUT2D eigenvalue weighted by Crippen LogP contribution is -2.13. The molecule has 0 saturated heterocycles. The number of hydrogen-bond donors (Lipinski definition) is 1. The lowest BCUT2D eigenvalue weighted by atomic mass is 9.98. The maximum absolute atomic E-state index is 12.3. The van der Waals surface area contributed by atoms with E-state index in [1.807, 2.05) is 6.07 Å². The molecule has 0 unspecified atom stereocenters. The number of hydrogen-bond acceptors (Lipinski definition) is 3. The number of carbonyl (C=O) groups is 1. The fourth-order valence-corrected chi connectivity index (χ4v) is 2.45. The normalized spacial score (nSPS) is 17.0. The molecule has 0 aliphatic heterocycles. The number of nitrogens with zero attached hydrogens (tertiary/aromatic N) is 2. The first-order chi connectivity index (χ1) is 7.86. The Morgan fingerprint density at radius 2 is 2.12 bits per heavy atom. The number of H-pyrrole nitrogens is 1. The van der Waals surface area contributed by atoms with Gasteiger partial charge in [0.25, 0.3) is 0 Å². The molecule has 2 aromatic heterocycles. The zero-order valence-electron chi connectivity index (χ0n) is 8.94. The Balaban J connectivity index is 2.04. The third-order valence-electron chi connectivity index (χ3n) is 3.31. The van der Waals surface area contributed by atoms with E-state index in [2.05, 4.69) is 15.0 Å². The fraction of sp³-hybridized carbons (Fsp3) is 0.417. The molecule has 4 nitrogen and oxygen atoms in total. The minimum absolute atomic E-state index is 0.174. The first kappa shape index (κ1) is 9.51. The summed E-state index contributed by atoms with van der Waals surface area (Å²) in [7, 11) is 0. The highest BCUT2D eigenvalue weighted by Crippen LogP contribution is 2.29. The molecule has 0 spiro atoms. The van der Waals surface area contributed by atoms with Crippen LogP contribution in [0.5, 0.6) is 0 Å². The number of ketones is 1. The van der Waals surface area contributed by atoms with Gasteiger partial charge in [-0.25, -0.2) is 9.97 Å². The minimum Gasteiger partial charge on any atom is -0.346 e. The second kappa shape index (κ2) is 3.70. The van der Waals surface area contributed by atoms with Crippen LogP contribution in [0.1, 0.15) is 36.2 Å². The SMILES string of the molecule is O=C(c1ncnc2[nH]ccc12)C1CCCC1. The molecule has 1 saturated carbocycles. The van der Waals surface area contributed by atoms with Gasteiger partial charge in [0, 0.05) is 17.5 Å². The summed E-state index contributed by atoms with van der Waals surface area (Å²) in [5, 5.41) is 0.847. The molecule has 0 atom stereocenters. The molecular weight excluding hydrogens is 202 g/mol. The van der Waals surface area contributed by atoms with Crippen molar-refractivity contribution in [2.45, 2.75) is 25.7 Å². The molecular formula is C12H13N3O. The molecule has 0 bridgehead atoms. The topological polar surface area (TPSA) is 58.6 Å². The quantitative estimate of drug-likeness (QED) is 0.782. The van der Waals surface area contributed by atoms with Crippen molar-refractivity contribution in [1.29, 1.82) is 0 Å². The van der Waals surface area contributed by atoms with E-state index in [0.717, 1.165) is 36.7 Å². The smallest absolute Gasteiger partial charge is 0.185 e. The Bertz CT molecular complexity index is 526. The highest BCUT2D eigenvalue weighted by Gasteiger charge is 2.26. The largest absolute Gasteiger partial charge is 0.346 e. The van der Waals surface area contributed by atoms with Crippen molar-refractivity contribution in [2.75, 3.05) is 0 Å². The summed E-state index contributed by atoms with van der Waals surface area (Å²) >= 11 is 0. The maximum atomic E-state index is 12.3. The molecule has 3 rings (SSSR count). The molecule has 4 heteroatoms. The van der Waals surface area contributed by atoms with Gasteiger partial charge in [0.05, 0.1) is 0 Å². The van der Waals surface area contributed by atoms with Crippen LogP contribution in [0.15, 0.2) is 18.6 Å². The van der Waals surface area contributed by atoms with Gasteiger partial charge in [-0.3, -0.25) is 4.79 Å². The van der Waals surface area contributed by atoms with Gasteiger partial charge in [0.2, 0.25) is 0 Å². The Morgan fingerprint density at radius 1 is 1.31 bits per heavy atom. The van der Waals surface area contributed by atoms with Crippen molar-refractivity contribution >= 4 is 16.8 Å². The van der Waals surface area contributed by atoms with Gasteiger partial charge < -0.3 is 4.98 Å². The Labute approximate surface area is 93.1 Å². The van der Waals surface area contributed by atoms with Crippen LogP contribution in [0, 0.1) is 5.92 Å². The lowest BCUT2D eigenvalue weighted by molar-refractivity contribution is 0.0919. The third-order valence-corrected chi connectivity index (χ3v) is 3.31. The zero-order valence-corrected chi connectivity index (χ0v) is 8.94. The Hall–Kier alpha value is -1.71. The number of nitrogens with one attached hydrogen (secondary N) is 1. The predicted molar refractivity (Wildman–Crippen MR) is 60.2 cm³/mol. The predicted octanol–water partition coefficient (Wildman–Crippen LogP) is 2.33. The van der Waals surface area contributed by atoms with Crippen molar-refractivity contribution in [1.82, 2.24) is 15.0 Å². The molecule has 82 valence electrons. The van der Waals surface area contributed by atoms with Crippen molar-refractivity contribution < 1.29 is 4.79 Å². The van der Waals surface area contributed by atoms with E-state index in [0.29, 0.717) is 5.69 Å². The van der Waals surface area contributed by atoms with Crippen LogP contribution in [0.4, 0.5) is 0 Å². The number of carbonyl (C=O) groups excluding carboxylic acids is 1. The van der Waals surface area contributed by atoms with Crippen LogP contribution in [0.25, 0.3) is 11.0 Å². The van der Waals surface area contributed by atoms with Gasteiger partial charge >= 0.3 is 0 Å². The summed E-state index contributed by atoms with van der Waals surface area (Å²) in [6, 6.07) is 1.87. The summed E-state index contributed by atoms with van der Waals surface area (Å²) in [5.41, 5.74) is 1.33. The van der Waals surface area contributed by atoms with Crippen molar-refractivity contribution in [3.8, 4) is 0 Å². The van der Waals surface area contributed by atoms with Crippen LogP contribution in [0.3, 0.4) is 0 Å². The molecule has 2 heterocycles. The van der Waals surface area contributed by atoms with Crippen molar-refractivity contribution in [3.63, 3.8) is 0 Å². The highest BCUT2D eigenvalue weighted by molar-refractivity contribution is 6.06. The Kier molecular flexibility index (Phi) is 2.20. The van der Waals surface area contributed by atoms with Gasteiger partial charge in [0.15, 0.2) is 5.78 Å². The third kappa shape index (κ3) is 1.41. The molecule has 1 aliphatic carbocycles. The summed E-state index contributed by atoms with van der Waals surface area (Å²) in [6.45, 7) is 0. The molecule has 0 radical (unpaired) electrons. The van der Waals surface area contributed by atoms with Crippen LogP contribution in [0.2, 0.25) is 0 Å². The molecule has 0 aromatic carbocycles. The molecule has 0 amide bonds. The summed E-state index contributed by atoms with van der Waals surface area (Å²) in [6.07, 6.45) is 7.60. The number of Topliss-reactive ketones (excluding diaryl/α,β-unsaturated/α-hetero) is 1. The van der Waals surface area contributed by atoms with Crippen LogP contribution in [-0.4, -0.2) is 20.7 Å². The zero-order chi connectivity index (χ0) is 11.0. The number of aromatic nitrogens is 3. The first-order valence-electron chi connectivity index (χ1n) is 5.68. The van der Waals surface area contributed by atoms with Crippen LogP contribution >= 0.6 is 0 Å². The van der Waals surface area contributed by atoms with Gasteiger partial charge in [-0.2, -0.15) is 0 Å². The minimum atomic E-state index is 0.174. The molecule has 16 heavy (non-hydrogen) atoms. The van der Waals surface area contributed by atoms with E-state index < -0.39 is 0 Å². The maximum Gasteiger partial charge on any atom is 0.185 e. The average molecular weight is 215 g/mol. The van der Waals surface area contributed by atoms with Gasteiger partial charge in [-0.1, -0.05) is 12.8 Å². The van der Waals surface area contributed by atoms with E-state index in [4.69, 9.17) is 0 Å². The number of rotatable bonds is 2. The second-order valence-electron chi connectivity index (χ2n) is 4.31. The number of aromatic amines is 1. The standard InChI is InChI=1S/C12H13N3O/c16-11(8-3-1-2-4-8)10-9-5-6-13-12(9)15-7-14-10/h5-8H,1-4H2,(H,13,14,15). The fourth-order valence-electron chi connectivity index (χ4n) is 2.45. The average Bonchev–Trinajstić information content (AvgIpc) is 2.98. The molecule has 2 aromatic rings. The lowest BCUT2D eigenvalue weighted by Gasteiger charge is -2.07. The molecule has 1 fully saturated rings. The molecule has 1 aliphatic rings. The summed E-state index contributed by atoms with van der Waals surface area (Å²) < 4.78 is 0. The van der Waals surface area contributed by atoms with Crippen molar-refractivity contribution in [3.05, 3.63) is 24.3 Å². The highest BCUT2D eigenvalue weighted by atomic mass is 16.1. The summed E-state index contributed by atoms with van der Waals surface area (Å²) in [5.74, 6) is 0.359. The van der Waals surface area contributed by atoms with Crippen LogP contribution < -0.4 is 0 Å². The van der Waals surface area contributed by atoms with E-state index in [1.54, 1.807) is 6.20 Å². The van der Waals surface area contributed by atoms with Gasteiger partial charge in [-0.15, -0.1) is 0 Å². The van der Waals surface area contributed by atoms with Gasteiger partial charge in [-0.05, 0) is 18.9 Å². The van der Waals surface area contributed by atoms with Crippen LogP contribution in [-0.2, 0) is 0 Å². The second-order valence-corrected chi connectivity index (χ2v) is 4.31. The number of fused-ring (bicyclic) bond motifs is 1. The van der Waals surface area contributed by atoms with Gasteiger partial charge in [0.1, 0.15) is 17.7 Å². The van der Waals surface area contributed by atoms with E-state index in [-0.39, 0.29) is 11.7 Å².